The van der Waals surface area contributed by atoms with E-state index >= 15 is 0 Å². The Labute approximate surface area is 57.6 Å². The minimum atomic E-state index is 0. The predicted octanol–water partition coefficient (Wildman–Crippen LogP) is 2.50. The van der Waals surface area contributed by atoms with Crippen molar-refractivity contribution in [2.24, 2.45) is 23.7 Å². The average Bonchev–Trinajstić information content (AvgIpc) is 2.37. The summed E-state index contributed by atoms with van der Waals surface area (Å²) in [5.74, 6) is 4.05. The molecule has 0 nitrogen and oxygen atoms in total. The van der Waals surface area contributed by atoms with Crippen molar-refractivity contribution in [2.75, 3.05) is 0 Å². The van der Waals surface area contributed by atoms with Crippen molar-refractivity contribution < 1.29 is 0 Å². The van der Waals surface area contributed by atoms with E-state index in [2.05, 4.69) is 20.3 Å². The Kier molecular flexibility index (Phi) is 1.42. The van der Waals surface area contributed by atoms with Crippen LogP contribution in [0.25, 0.3) is 0 Å². The number of hydrogen-bond donors (Lipinski definition) is 0. The second-order valence-corrected chi connectivity index (χ2v) is 3.85. The van der Waals surface area contributed by atoms with Gasteiger partial charge in [0.2, 0.25) is 0 Å². The Hall–Kier alpha value is -1.00. The van der Waals surface area contributed by atoms with Gasteiger partial charge >= 0.3 is 0 Å². The van der Waals surface area contributed by atoms with Crippen LogP contribution < -0.4 is 0 Å². The molecule has 0 aliphatic heterocycles. The summed E-state index contributed by atoms with van der Waals surface area (Å²) >= 11 is 0. The van der Waals surface area contributed by atoms with Crippen molar-refractivity contribution >= 4 is 0 Å². The quantitative estimate of drug-likeness (QED) is 0.558. The first-order valence-corrected chi connectivity index (χ1v) is 4.12. The molecule has 2 rings (SSSR count). The SMILES string of the molecule is CC1C2[CH-]CC(C2)C1C.[Rf]. The van der Waals surface area contributed by atoms with E-state index in [4.69, 9.17) is 0 Å². The van der Waals surface area contributed by atoms with Gasteiger partial charge in [-0.3, -0.25) is 0 Å². The van der Waals surface area contributed by atoms with Crippen molar-refractivity contribution in [3.05, 3.63) is 6.42 Å². The monoisotopic (exact) mass is 390 g/mol. The molecular formula is C9H15Rf-. The topological polar surface area (TPSA) is 0 Å². The Bertz CT molecular complexity index is 104. The van der Waals surface area contributed by atoms with E-state index < -0.39 is 0 Å². The van der Waals surface area contributed by atoms with Crippen LogP contribution in [0.15, 0.2) is 0 Å². The molecule has 0 saturated heterocycles. The Morgan fingerprint density at radius 1 is 1.20 bits per heavy atom. The fraction of sp³-hybridized carbons (Fsp3) is 0.889. The molecule has 0 aromatic carbocycles. The average molecular weight is 390 g/mol. The third-order valence-corrected chi connectivity index (χ3v) is 3.56. The molecule has 2 fully saturated rings. The van der Waals surface area contributed by atoms with Crippen molar-refractivity contribution in [1.82, 2.24) is 0 Å². The van der Waals surface area contributed by atoms with Crippen LogP contribution in [0.5, 0.6) is 0 Å². The van der Waals surface area contributed by atoms with Gasteiger partial charge in [0.25, 0.3) is 0 Å². The van der Waals surface area contributed by atoms with Crippen molar-refractivity contribution in [3.63, 3.8) is 0 Å². The summed E-state index contributed by atoms with van der Waals surface area (Å²) in [5, 5.41) is 0. The number of fused-ring (bicyclic) bond motifs is 2. The summed E-state index contributed by atoms with van der Waals surface area (Å²) in [5.41, 5.74) is 0. The van der Waals surface area contributed by atoms with Crippen LogP contribution in [0.1, 0.15) is 26.7 Å². The minimum Gasteiger partial charge on any atom is -0.325 e. The van der Waals surface area contributed by atoms with Gasteiger partial charge in [-0.25, -0.2) is 0 Å². The molecular weight excluding hydrogens is 375 g/mol. The largest absolute Gasteiger partial charge is 0.325 e. The van der Waals surface area contributed by atoms with Crippen LogP contribution in [0.3, 0.4) is 0 Å². The summed E-state index contributed by atoms with van der Waals surface area (Å²) in [6.45, 7) is 4.83. The Morgan fingerprint density at radius 3 is 2.20 bits per heavy atom. The van der Waals surface area contributed by atoms with Gasteiger partial charge < -0.3 is 6.42 Å². The van der Waals surface area contributed by atoms with Crippen molar-refractivity contribution in [1.29, 1.82) is 0 Å². The van der Waals surface area contributed by atoms with E-state index in [1.165, 1.54) is 12.8 Å². The zero-order chi connectivity index (χ0) is 6.43. The summed E-state index contributed by atoms with van der Waals surface area (Å²) in [4.78, 5) is 0. The van der Waals surface area contributed by atoms with Gasteiger partial charge in [0.15, 0.2) is 0 Å². The van der Waals surface area contributed by atoms with Gasteiger partial charge in [-0.1, -0.05) is 32.1 Å². The third-order valence-electron chi connectivity index (χ3n) is 3.56. The standard InChI is InChI=1S/C9H15.Rf/c1-6-7(2)9-4-3-8(6)5-9;/h3,6-9H,4-5H2,1-2H3;/q-1;. The predicted molar refractivity (Wildman–Crippen MR) is 38.8 cm³/mol. The Morgan fingerprint density at radius 2 is 1.90 bits per heavy atom. The number of hydrogen-bond acceptors (Lipinski definition) is 0. The second kappa shape index (κ2) is 2.00. The smallest absolute Gasteiger partial charge is 0 e. The molecule has 4 unspecified atom stereocenters. The molecule has 2 saturated carbocycles. The number of rotatable bonds is 0. The zero-order valence-electron chi connectivity index (χ0n) is 7.01. The van der Waals surface area contributed by atoms with Gasteiger partial charge in [0, 0.05) is 0 Å². The molecule has 0 spiro atoms. The molecule has 0 radical (unpaired) electrons. The molecule has 0 aromatic heterocycles. The van der Waals surface area contributed by atoms with Gasteiger partial charge in [-0.2, -0.15) is 12.3 Å². The van der Waals surface area contributed by atoms with E-state index in [0.29, 0.717) is 0 Å². The minimum absolute atomic E-state index is 0. The fourth-order valence-electron chi connectivity index (χ4n) is 2.57. The zero-order valence-corrected chi connectivity index (χ0v) is 13.4. The van der Waals surface area contributed by atoms with Gasteiger partial charge in [0.05, 0.1) is 0 Å². The maximum Gasteiger partial charge on any atom is 0 e. The molecule has 10 heavy (non-hydrogen) atoms. The van der Waals surface area contributed by atoms with E-state index in [0.717, 1.165) is 23.7 Å². The third kappa shape index (κ3) is 0.630. The van der Waals surface area contributed by atoms with E-state index in [1.807, 2.05) is 0 Å². The molecule has 0 aromatic rings. The fourth-order valence-corrected chi connectivity index (χ4v) is 2.57. The summed E-state index contributed by atoms with van der Waals surface area (Å²) in [6.07, 6.45) is 5.45. The first-order valence-electron chi connectivity index (χ1n) is 4.12. The Balaban J connectivity index is 0.000000500. The maximum absolute atomic E-state index is 2.54. The van der Waals surface area contributed by atoms with Crippen molar-refractivity contribution in [3.8, 4) is 0 Å². The van der Waals surface area contributed by atoms with E-state index in [9.17, 15) is 0 Å². The molecule has 2 aliphatic carbocycles. The summed E-state index contributed by atoms with van der Waals surface area (Å²) in [6, 6.07) is 0. The first kappa shape index (κ1) is 7.11. The van der Waals surface area contributed by atoms with Gasteiger partial charge in [-0.05, 0) is 5.92 Å². The second-order valence-electron chi connectivity index (χ2n) is 3.85. The van der Waals surface area contributed by atoms with Gasteiger partial charge in [-0.15, -0.1) is 0 Å². The van der Waals surface area contributed by atoms with Crippen LogP contribution in [-0.4, -0.2) is 0 Å². The van der Waals surface area contributed by atoms with Crippen LogP contribution in [0.2, 0.25) is 0 Å². The maximum atomic E-state index is 2.54. The van der Waals surface area contributed by atoms with Gasteiger partial charge in [0.1, 0.15) is 0 Å². The summed E-state index contributed by atoms with van der Waals surface area (Å²) < 4.78 is 0. The molecule has 0 amide bonds. The molecule has 0 heterocycles. The molecule has 1 heteroatoms. The van der Waals surface area contributed by atoms with E-state index in [-0.39, 0.29) is 0 Å². The summed E-state index contributed by atoms with van der Waals surface area (Å²) in [7, 11) is 0. The molecule has 4 atom stereocenters. The first-order chi connectivity index (χ1) is 4.29. The van der Waals surface area contributed by atoms with E-state index in [1.54, 1.807) is 0 Å². The molecule has 0 N–H and O–H groups in total. The van der Waals surface area contributed by atoms with Crippen LogP contribution >= 0.6 is 0 Å². The normalized spacial score (nSPS) is 51.0. The van der Waals surface area contributed by atoms with Crippen LogP contribution in [0, 0.1) is 30.1 Å². The molecule has 54 valence electrons. The van der Waals surface area contributed by atoms with Crippen LogP contribution in [0.4, 0.5) is 0 Å². The molecule has 2 aliphatic rings. The molecule has 2 bridgehead atoms. The van der Waals surface area contributed by atoms with Crippen LogP contribution in [-0.2, 0) is 0 Å². The van der Waals surface area contributed by atoms with Crippen molar-refractivity contribution in [2.45, 2.75) is 26.7 Å².